The predicted octanol–water partition coefficient (Wildman–Crippen LogP) is 4.19. The zero-order valence-corrected chi connectivity index (χ0v) is 16.5. The standard InChI is InChI=1S/C22H23F3N2O2/c1-21(2,3)26-19(28)18-12-14-7-4-5-8-16(14)13-27(18)20(29)15-9-6-10-17(11-15)22(23,24)25/h4-11,18H,12-13H2,1-3H3,(H,26,28)/t18-/m0/s1. The number of halogens is 3. The Kier molecular flexibility index (Phi) is 5.43. The molecule has 154 valence electrons. The Morgan fingerprint density at radius 1 is 1.00 bits per heavy atom. The van der Waals surface area contributed by atoms with Gasteiger partial charge < -0.3 is 10.2 Å². The number of carbonyl (C=O) groups excluding carboxylic acids is 2. The van der Waals surface area contributed by atoms with Gasteiger partial charge in [-0.3, -0.25) is 9.59 Å². The first-order valence-corrected chi connectivity index (χ1v) is 9.33. The van der Waals surface area contributed by atoms with Crippen molar-refractivity contribution in [3.8, 4) is 0 Å². The number of nitrogens with zero attached hydrogens (tertiary/aromatic N) is 1. The van der Waals surface area contributed by atoms with Crippen LogP contribution in [0.25, 0.3) is 0 Å². The van der Waals surface area contributed by atoms with Crippen LogP contribution in [0.5, 0.6) is 0 Å². The van der Waals surface area contributed by atoms with Gasteiger partial charge in [-0.25, -0.2) is 0 Å². The largest absolute Gasteiger partial charge is 0.416 e. The van der Waals surface area contributed by atoms with E-state index in [2.05, 4.69) is 5.32 Å². The summed E-state index contributed by atoms with van der Waals surface area (Å²) in [5.74, 6) is -0.924. The molecule has 1 atom stereocenters. The van der Waals surface area contributed by atoms with Crippen LogP contribution in [-0.4, -0.2) is 28.3 Å². The number of alkyl halides is 3. The molecule has 0 saturated carbocycles. The molecule has 1 aliphatic heterocycles. The number of carbonyl (C=O) groups is 2. The van der Waals surface area contributed by atoms with Gasteiger partial charge in [0.1, 0.15) is 6.04 Å². The zero-order valence-electron chi connectivity index (χ0n) is 16.5. The Labute approximate surface area is 167 Å². The molecule has 1 aliphatic rings. The van der Waals surface area contributed by atoms with E-state index in [-0.39, 0.29) is 18.0 Å². The van der Waals surface area contributed by atoms with E-state index in [1.165, 1.54) is 17.0 Å². The fraction of sp³-hybridized carbons (Fsp3) is 0.364. The van der Waals surface area contributed by atoms with Gasteiger partial charge >= 0.3 is 6.18 Å². The van der Waals surface area contributed by atoms with Crippen molar-refractivity contribution in [2.24, 2.45) is 0 Å². The molecule has 0 radical (unpaired) electrons. The molecular weight excluding hydrogens is 381 g/mol. The van der Waals surface area contributed by atoms with Gasteiger partial charge in [-0.05, 0) is 50.1 Å². The number of benzene rings is 2. The summed E-state index contributed by atoms with van der Waals surface area (Å²) in [6.07, 6.45) is -4.24. The lowest BCUT2D eigenvalue weighted by molar-refractivity contribution is -0.137. The molecule has 0 aliphatic carbocycles. The molecule has 1 heterocycles. The fourth-order valence-electron chi connectivity index (χ4n) is 3.42. The topological polar surface area (TPSA) is 49.4 Å². The van der Waals surface area contributed by atoms with E-state index in [0.717, 1.165) is 23.3 Å². The Morgan fingerprint density at radius 3 is 2.28 bits per heavy atom. The average molecular weight is 404 g/mol. The first-order valence-electron chi connectivity index (χ1n) is 9.33. The molecule has 0 fully saturated rings. The first kappa shape index (κ1) is 20.9. The third-order valence-electron chi connectivity index (χ3n) is 4.75. The predicted molar refractivity (Wildman–Crippen MR) is 103 cm³/mol. The number of hydrogen-bond acceptors (Lipinski definition) is 2. The second kappa shape index (κ2) is 7.54. The Balaban J connectivity index is 1.97. The number of fused-ring (bicyclic) bond motifs is 1. The lowest BCUT2D eigenvalue weighted by Gasteiger charge is -2.37. The highest BCUT2D eigenvalue weighted by Gasteiger charge is 2.37. The van der Waals surface area contributed by atoms with E-state index in [4.69, 9.17) is 0 Å². The van der Waals surface area contributed by atoms with Gasteiger partial charge in [0.05, 0.1) is 5.56 Å². The van der Waals surface area contributed by atoms with Crippen LogP contribution < -0.4 is 5.32 Å². The van der Waals surface area contributed by atoms with Crippen molar-refractivity contribution >= 4 is 11.8 Å². The third kappa shape index (κ3) is 4.78. The van der Waals surface area contributed by atoms with Crippen LogP contribution in [-0.2, 0) is 23.9 Å². The van der Waals surface area contributed by atoms with Gasteiger partial charge in [-0.2, -0.15) is 13.2 Å². The number of amides is 2. The van der Waals surface area contributed by atoms with Crippen molar-refractivity contribution in [2.45, 2.75) is 51.5 Å². The molecule has 3 rings (SSSR count). The smallest absolute Gasteiger partial charge is 0.350 e. The molecule has 4 nitrogen and oxygen atoms in total. The molecule has 29 heavy (non-hydrogen) atoms. The SMILES string of the molecule is CC(C)(C)NC(=O)[C@@H]1Cc2ccccc2CN1C(=O)c1cccc(C(F)(F)F)c1. The lowest BCUT2D eigenvalue weighted by atomic mass is 9.92. The van der Waals surface area contributed by atoms with Gasteiger partial charge in [0.25, 0.3) is 5.91 Å². The van der Waals surface area contributed by atoms with Gasteiger partial charge in [-0.1, -0.05) is 30.3 Å². The summed E-state index contributed by atoms with van der Waals surface area (Å²) < 4.78 is 39.2. The van der Waals surface area contributed by atoms with Crippen molar-refractivity contribution in [3.63, 3.8) is 0 Å². The van der Waals surface area contributed by atoms with Crippen LogP contribution in [0.15, 0.2) is 48.5 Å². The fourth-order valence-corrected chi connectivity index (χ4v) is 3.42. The maximum Gasteiger partial charge on any atom is 0.416 e. The van der Waals surface area contributed by atoms with Gasteiger partial charge in [0.2, 0.25) is 5.91 Å². The molecule has 1 N–H and O–H groups in total. The highest BCUT2D eigenvalue weighted by molar-refractivity contribution is 5.98. The summed E-state index contributed by atoms with van der Waals surface area (Å²) >= 11 is 0. The lowest BCUT2D eigenvalue weighted by Crippen LogP contribution is -2.56. The molecule has 2 aromatic rings. The minimum absolute atomic E-state index is 0.0900. The minimum atomic E-state index is -4.55. The summed E-state index contributed by atoms with van der Waals surface area (Å²) in [6, 6.07) is 11.0. The summed E-state index contributed by atoms with van der Waals surface area (Å²) in [7, 11) is 0. The molecule has 2 amide bonds. The van der Waals surface area contributed by atoms with E-state index in [0.29, 0.717) is 6.42 Å². The van der Waals surface area contributed by atoms with Crippen LogP contribution in [0.1, 0.15) is 47.8 Å². The summed E-state index contributed by atoms with van der Waals surface area (Å²) in [5.41, 5.74) is 0.352. The number of rotatable bonds is 2. The summed E-state index contributed by atoms with van der Waals surface area (Å²) in [6.45, 7) is 5.66. The highest BCUT2D eigenvalue weighted by atomic mass is 19.4. The quantitative estimate of drug-likeness (QED) is 0.816. The van der Waals surface area contributed by atoms with Crippen molar-refractivity contribution in [1.29, 1.82) is 0 Å². The Hall–Kier alpha value is -2.83. The van der Waals surface area contributed by atoms with Crippen LogP contribution in [0, 0.1) is 0 Å². The van der Waals surface area contributed by atoms with Crippen LogP contribution in [0.2, 0.25) is 0 Å². The monoisotopic (exact) mass is 404 g/mol. The molecule has 0 spiro atoms. The second-order valence-corrected chi connectivity index (χ2v) is 8.24. The van der Waals surface area contributed by atoms with Crippen molar-refractivity contribution < 1.29 is 22.8 Å². The van der Waals surface area contributed by atoms with Crippen LogP contribution in [0.4, 0.5) is 13.2 Å². The normalized spacial score (nSPS) is 16.9. The van der Waals surface area contributed by atoms with Gasteiger partial charge in [0, 0.05) is 24.1 Å². The second-order valence-electron chi connectivity index (χ2n) is 8.24. The molecule has 0 aromatic heterocycles. The van der Waals surface area contributed by atoms with Crippen molar-refractivity contribution in [2.75, 3.05) is 0 Å². The molecule has 7 heteroatoms. The van der Waals surface area contributed by atoms with E-state index in [9.17, 15) is 22.8 Å². The van der Waals surface area contributed by atoms with Crippen LogP contribution in [0.3, 0.4) is 0 Å². The minimum Gasteiger partial charge on any atom is -0.350 e. The molecule has 2 aromatic carbocycles. The number of hydrogen-bond donors (Lipinski definition) is 1. The molecule has 0 saturated heterocycles. The van der Waals surface area contributed by atoms with Crippen molar-refractivity contribution in [3.05, 3.63) is 70.8 Å². The van der Waals surface area contributed by atoms with Crippen molar-refractivity contribution in [1.82, 2.24) is 10.2 Å². The Bertz CT molecular complexity index is 932. The van der Waals surface area contributed by atoms with Crippen LogP contribution >= 0.6 is 0 Å². The summed E-state index contributed by atoms with van der Waals surface area (Å²) in [5, 5.41) is 2.88. The number of nitrogens with one attached hydrogen (secondary N) is 1. The average Bonchev–Trinajstić information content (AvgIpc) is 2.64. The molecular formula is C22H23F3N2O2. The van der Waals surface area contributed by atoms with E-state index < -0.39 is 29.2 Å². The molecule has 0 bridgehead atoms. The molecule has 0 unspecified atom stereocenters. The maximum atomic E-state index is 13.1. The highest BCUT2D eigenvalue weighted by Crippen LogP contribution is 2.31. The summed E-state index contributed by atoms with van der Waals surface area (Å²) in [4.78, 5) is 27.4. The third-order valence-corrected chi connectivity index (χ3v) is 4.75. The van der Waals surface area contributed by atoms with E-state index in [1.54, 1.807) is 0 Å². The zero-order chi connectivity index (χ0) is 21.4. The maximum absolute atomic E-state index is 13.1. The van der Waals surface area contributed by atoms with E-state index >= 15 is 0 Å². The first-order chi connectivity index (χ1) is 13.5. The van der Waals surface area contributed by atoms with Gasteiger partial charge in [-0.15, -0.1) is 0 Å². The Morgan fingerprint density at radius 2 is 1.66 bits per heavy atom. The van der Waals surface area contributed by atoms with E-state index in [1.807, 2.05) is 45.0 Å². The van der Waals surface area contributed by atoms with Gasteiger partial charge in [0.15, 0.2) is 0 Å².